The SMILES string of the molecule is Cc1ccc2c(c1)c1ccccc1n2-c1cc(C#N)c(-c2c(F)cccc2F)cc1-n1c2ccccc2c2cc(C)ccc21. The summed E-state index contributed by atoms with van der Waals surface area (Å²) in [7, 11) is 0. The molecule has 0 fully saturated rings. The lowest BCUT2D eigenvalue weighted by Gasteiger charge is -2.20. The molecule has 0 radical (unpaired) electrons. The highest BCUT2D eigenvalue weighted by Gasteiger charge is 2.24. The van der Waals surface area contributed by atoms with Crippen molar-refractivity contribution in [2.75, 3.05) is 0 Å². The van der Waals surface area contributed by atoms with Crippen LogP contribution in [-0.4, -0.2) is 9.13 Å². The predicted molar refractivity (Wildman–Crippen MR) is 175 cm³/mol. The Bertz CT molecular complexity index is 2490. The van der Waals surface area contributed by atoms with E-state index in [9.17, 15) is 5.26 Å². The standard InChI is InChI=1S/C39H25F2N3/c1-23-14-16-35-29(18-23)26-8-3-5-12-33(26)43(35)37-20-25(22-42)28(39-31(40)10-7-11-32(39)41)21-38(37)44-34-13-6-4-9-27(34)30-19-24(2)15-17-36(30)44/h3-21H,1-2H3. The van der Waals surface area contributed by atoms with Gasteiger partial charge in [0.1, 0.15) is 11.6 Å². The maximum Gasteiger partial charge on any atom is 0.134 e. The Kier molecular flexibility index (Phi) is 5.69. The molecule has 8 aromatic rings. The molecule has 0 aliphatic carbocycles. The molecular weight excluding hydrogens is 548 g/mol. The van der Waals surface area contributed by atoms with Crippen LogP contribution in [0.1, 0.15) is 16.7 Å². The minimum absolute atomic E-state index is 0.183. The third kappa shape index (κ3) is 3.71. The van der Waals surface area contributed by atoms with E-state index in [1.165, 1.54) is 18.2 Å². The van der Waals surface area contributed by atoms with Crippen molar-refractivity contribution in [3.8, 4) is 28.6 Å². The summed E-state index contributed by atoms with van der Waals surface area (Å²) in [5, 5.41) is 14.7. The summed E-state index contributed by atoms with van der Waals surface area (Å²) in [4.78, 5) is 0. The van der Waals surface area contributed by atoms with Crippen molar-refractivity contribution in [3.05, 3.63) is 144 Å². The number of halogens is 2. The van der Waals surface area contributed by atoms with Crippen LogP contribution in [0, 0.1) is 36.8 Å². The van der Waals surface area contributed by atoms with Gasteiger partial charge in [-0.1, -0.05) is 65.7 Å². The van der Waals surface area contributed by atoms with Crippen LogP contribution >= 0.6 is 0 Å². The second-order valence-corrected chi connectivity index (χ2v) is 11.3. The van der Waals surface area contributed by atoms with E-state index in [1.54, 1.807) is 12.1 Å². The summed E-state index contributed by atoms with van der Waals surface area (Å²) < 4.78 is 35.0. The second kappa shape index (κ2) is 9.65. The average molecular weight is 574 g/mol. The average Bonchev–Trinajstić information content (AvgIpc) is 3.53. The molecule has 0 aliphatic rings. The Balaban J connectivity index is 1.60. The zero-order chi connectivity index (χ0) is 30.1. The van der Waals surface area contributed by atoms with Crippen molar-refractivity contribution >= 4 is 43.6 Å². The predicted octanol–water partition coefficient (Wildman–Crippen LogP) is 10.3. The zero-order valence-electron chi connectivity index (χ0n) is 24.1. The molecule has 210 valence electrons. The highest BCUT2D eigenvalue weighted by atomic mass is 19.1. The molecule has 5 heteroatoms. The van der Waals surface area contributed by atoms with Gasteiger partial charge >= 0.3 is 0 Å². The lowest BCUT2D eigenvalue weighted by Crippen LogP contribution is -2.06. The van der Waals surface area contributed by atoms with Gasteiger partial charge in [-0.3, -0.25) is 0 Å². The molecule has 0 atom stereocenters. The van der Waals surface area contributed by atoms with Crippen LogP contribution in [0.3, 0.4) is 0 Å². The van der Waals surface area contributed by atoms with E-state index in [0.717, 1.165) is 60.4 Å². The molecule has 0 saturated carbocycles. The number of nitriles is 1. The number of hydrogen-bond acceptors (Lipinski definition) is 1. The fourth-order valence-electron chi connectivity index (χ4n) is 6.68. The topological polar surface area (TPSA) is 33.6 Å². The molecule has 0 aliphatic heterocycles. The van der Waals surface area contributed by atoms with Crippen molar-refractivity contribution in [1.82, 2.24) is 9.13 Å². The van der Waals surface area contributed by atoms with Crippen molar-refractivity contribution in [2.45, 2.75) is 13.8 Å². The minimum Gasteiger partial charge on any atom is -0.307 e. The smallest absolute Gasteiger partial charge is 0.134 e. The summed E-state index contributed by atoms with van der Waals surface area (Å²) in [6.45, 7) is 4.14. The van der Waals surface area contributed by atoms with Gasteiger partial charge in [0.15, 0.2) is 0 Å². The van der Waals surface area contributed by atoms with Crippen LogP contribution < -0.4 is 0 Å². The minimum atomic E-state index is -0.717. The summed E-state index contributed by atoms with van der Waals surface area (Å²) in [5.74, 6) is -1.43. The van der Waals surface area contributed by atoms with Crippen molar-refractivity contribution in [2.24, 2.45) is 0 Å². The Morgan fingerprint density at radius 1 is 0.523 bits per heavy atom. The molecule has 0 amide bonds. The van der Waals surface area contributed by atoms with Crippen LogP contribution in [0.5, 0.6) is 0 Å². The molecule has 0 spiro atoms. The molecule has 0 N–H and O–H groups in total. The molecule has 2 heterocycles. The summed E-state index contributed by atoms with van der Waals surface area (Å²) in [5.41, 5.74) is 7.75. The van der Waals surface area contributed by atoms with Crippen LogP contribution in [0.2, 0.25) is 0 Å². The first kappa shape index (κ1) is 25.9. The van der Waals surface area contributed by atoms with Gasteiger partial charge in [0.2, 0.25) is 0 Å². The maximum absolute atomic E-state index is 15.3. The first-order chi connectivity index (χ1) is 21.4. The number of aromatic nitrogens is 2. The number of rotatable bonds is 3. The van der Waals surface area contributed by atoms with Crippen LogP contribution in [-0.2, 0) is 0 Å². The van der Waals surface area contributed by atoms with E-state index in [0.29, 0.717) is 5.69 Å². The number of aryl methyl sites for hydroxylation is 2. The van der Waals surface area contributed by atoms with Gasteiger partial charge in [-0.25, -0.2) is 8.78 Å². The third-order valence-corrected chi connectivity index (χ3v) is 8.61. The fourth-order valence-corrected chi connectivity index (χ4v) is 6.68. The highest BCUT2D eigenvalue weighted by molar-refractivity contribution is 6.12. The van der Waals surface area contributed by atoms with Gasteiger partial charge in [0.25, 0.3) is 0 Å². The Hall–Kier alpha value is -5.73. The van der Waals surface area contributed by atoms with Crippen LogP contribution in [0.15, 0.2) is 115 Å². The van der Waals surface area contributed by atoms with E-state index in [2.05, 4.69) is 89.7 Å². The van der Waals surface area contributed by atoms with Crippen LogP contribution in [0.4, 0.5) is 8.78 Å². The number of nitrogens with zero attached hydrogens (tertiary/aromatic N) is 3. The van der Waals surface area contributed by atoms with Gasteiger partial charge in [-0.2, -0.15) is 5.26 Å². The molecule has 44 heavy (non-hydrogen) atoms. The summed E-state index contributed by atoms with van der Waals surface area (Å²) >= 11 is 0. The second-order valence-electron chi connectivity index (χ2n) is 11.3. The largest absolute Gasteiger partial charge is 0.307 e. The first-order valence-electron chi connectivity index (χ1n) is 14.5. The Morgan fingerprint density at radius 3 is 1.52 bits per heavy atom. The van der Waals surface area contributed by atoms with E-state index < -0.39 is 11.6 Å². The summed E-state index contributed by atoms with van der Waals surface area (Å²) in [6, 6.07) is 38.6. The molecule has 0 unspecified atom stereocenters. The maximum atomic E-state index is 15.3. The molecule has 0 bridgehead atoms. The quantitative estimate of drug-likeness (QED) is 0.207. The van der Waals surface area contributed by atoms with Crippen molar-refractivity contribution < 1.29 is 8.78 Å². The van der Waals surface area contributed by atoms with Crippen molar-refractivity contribution in [1.29, 1.82) is 5.26 Å². The van der Waals surface area contributed by atoms with E-state index in [1.807, 2.05) is 24.3 Å². The molecule has 6 aromatic carbocycles. The highest BCUT2D eigenvalue weighted by Crippen LogP contribution is 2.41. The molecule has 0 saturated heterocycles. The molecule has 2 aromatic heterocycles. The summed E-state index contributed by atoms with van der Waals surface area (Å²) in [6.07, 6.45) is 0. The van der Waals surface area contributed by atoms with E-state index in [4.69, 9.17) is 0 Å². The number of fused-ring (bicyclic) bond motifs is 6. The van der Waals surface area contributed by atoms with Gasteiger partial charge in [-0.15, -0.1) is 0 Å². The molecule has 8 rings (SSSR count). The first-order valence-corrected chi connectivity index (χ1v) is 14.5. The number of para-hydroxylation sites is 2. The van der Waals surface area contributed by atoms with Crippen LogP contribution in [0.25, 0.3) is 66.1 Å². The van der Waals surface area contributed by atoms with E-state index >= 15 is 8.78 Å². The number of benzene rings is 6. The normalized spacial score (nSPS) is 11.6. The number of hydrogen-bond donors (Lipinski definition) is 0. The lowest BCUT2D eigenvalue weighted by molar-refractivity contribution is 0.589. The third-order valence-electron chi connectivity index (χ3n) is 8.61. The Morgan fingerprint density at radius 2 is 1.00 bits per heavy atom. The molecular formula is C39H25F2N3. The van der Waals surface area contributed by atoms with Gasteiger partial charge < -0.3 is 9.13 Å². The fraction of sp³-hybridized carbons (Fsp3) is 0.0513. The van der Waals surface area contributed by atoms with E-state index in [-0.39, 0.29) is 16.7 Å². The van der Waals surface area contributed by atoms with Gasteiger partial charge in [-0.05, 0) is 74.5 Å². The monoisotopic (exact) mass is 573 g/mol. The zero-order valence-corrected chi connectivity index (χ0v) is 24.1. The van der Waals surface area contributed by atoms with Gasteiger partial charge in [0.05, 0.1) is 50.6 Å². The molecule has 3 nitrogen and oxygen atoms in total. The Labute approximate surface area is 252 Å². The lowest BCUT2D eigenvalue weighted by atomic mass is 9.97. The van der Waals surface area contributed by atoms with Gasteiger partial charge in [0, 0.05) is 27.1 Å². The van der Waals surface area contributed by atoms with Crippen molar-refractivity contribution in [3.63, 3.8) is 0 Å².